The topological polar surface area (TPSA) is 58.9 Å². The zero-order chi connectivity index (χ0) is 14.3. The Bertz CT molecular complexity index is 382. The van der Waals surface area contributed by atoms with E-state index in [-0.39, 0.29) is 13.2 Å². The van der Waals surface area contributed by atoms with Crippen LogP contribution in [0.4, 0.5) is 0 Å². The predicted octanol–water partition coefficient (Wildman–Crippen LogP) is 2.24. The second kappa shape index (κ2) is 8.38. The lowest BCUT2D eigenvalue weighted by Gasteiger charge is -2.12. The summed E-state index contributed by atoms with van der Waals surface area (Å²) in [5.74, 6) is 0.986. The maximum absolute atomic E-state index is 9.19. The van der Waals surface area contributed by atoms with Gasteiger partial charge in [-0.25, -0.2) is 0 Å². The van der Waals surface area contributed by atoms with Gasteiger partial charge < -0.3 is 19.7 Å². The fraction of sp³-hybridized carbons (Fsp3) is 0.571. The standard InChI is InChI=1S/C14H21ClO4/c1-10(2)7-18-8-11-3-4-14(13(15)5-11)19-9-12(17)6-16/h3-5,10,12,16-17H,6-9H2,1-2H3. The zero-order valence-corrected chi connectivity index (χ0v) is 12.1. The Morgan fingerprint density at radius 2 is 2.00 bits per heavy atom. The van der Waals surface area contributed by atoms with Gasteiger partial charge in [-0.05, 0) is 23.6 Å². The van der Waals surface area contributed by atoms with Gasteiger partial charge in [0.05, 0.1) is 18.2 Å². The minimum absolute atomic E-state index is 0.0133. The van der Waals surface area contributed by atoms with Crippen LogP contribution in [0.25, 0.3) is 0 Å². The molecule has 108 valence electrons. The van der Waals surface area contributed by atoms with Gasteiger partial charge in [-0.15, -0.1) is 0 Å². The molecule has 5 heteroatoms. The molecule has 1 rings (SSSR count). The molecule has 0 aromatic heterocycles. The molecule has 0 aliphatic carbocycles. The van der Waals surface area contributed by atoms with Gasteiger partial charge in [0, 0.05) is 6.61 Å². The van der Waals surface area contributed by atoms with Crippen molar-refractivity contribution in [3.05, 3.63) is 28.8 Å². The highest BCUT2D eigenvalue weighted by Gasteiger charge is 2.07. The third-order valence-corrected chi connectivity index (χ3v) is 2.65. The van der Waals surface area contributed by atoms with Crippen LogP contribution in [-0.4, -0.2) is 36.1 Å². The average Bonchev–Trinajstić information content (AvgIpc) is 2.37. The van der Waals surface area contributed by atoms with E-state index in [1.807, 2.05) is 6.07 Å². The monoisotopic (exact) mass is 288 g/mol. The van der Waals surface area contributed by atoms with Crippen LogP contribution < -0.4 is 4.74 Å². The van der Waals surface area contributed by atoms with Crippen LogP contribution >= 0.6 is 11.6 Å². The molecule has 19 heavy (non-hydrogen) atoms. The normalized spacial score (nSPS) is 12.7. The van der Waals surface area contributed by atoms with Crippen LogP contribution in [0.15, 0.2) is 18.2 Å². The Kier molecular flexibility index (Phi) is 7.16. The summed E-state index contributed by atoms with van der Waals surface area (Å²) in [6, 6.07) is 5.38. The highest BCUT2D eigenvalue weighted by atomic mass is 35.5. The summed E-state index contributed by atoms with van der Waals surface area (Å²) in [4.78, 5) is 0. The van der Waals surface area contributed by atoms with Crippen molar-refractivity contribution in [1.29, 1.82) is 0 Å². The Balaban J connectivity index is 2.49. The van der Waals surface area contributed by atoms with Crippen molar-refractivity contribution in [3.8, 4) is 5.75 Å². The van der Waals surface area contributed by atoms with Crippen molar-refractivity contribution in [3.63, 3.8) is 0 Å². The maximum Gasteiger partial charge on any atom is 0.138 e. The molecule has 0 amide bonds. The molecular weight excluding hydrogens is 268 g/mol. The quantitative estimate of drug-likeness (QED) is 0.770. The van der Waals surface area contributed by atoms with Crippen molar-refractivity contribution in [2.45, 2.75) is 26.6 Å². The lowest BCUT2D eigenvalue weighted by Crippen LogP contribution is -2.21. The van der Waals surface area contributed by atoms with E-state index >= 15 is 0 Å². The van der Waals surface area contributed by atoms with Crippen LogP contribution in [0.5, 0.6) is 5.75 Å². The van der Waals surface area contributed by atoms with Crippen molar-refractivity contribution in [1.82, 2.24) is 0 Å². The number of hydrogen-bond acceptors (Lipinski definition) is 4. The van der Waals surface area contributed by atoms with Gasteiger partial charge in [0.1, 0.15) is 18.5 Å². The van der Waals surface area contributed by atoms with E-state index in [1.54, 1.807) is 12.1 Å². The number of ether oxygens (including phenoxy) is 2. The van der Waals surface area contributed by atoms with Crippen LogP contribution in [0.2, 0.25) is 5.02 Å². The number of aliphatic hydroxyl groups excluding tert-OH is 2. The van der Waals surface area contributed by atoms with Crippen molar-refractivity contribution < 1.29 is 19.7 Å². The molecule has 1 unspecified atom stereocenters. The zero-order valence-electron chi connectivity index (χ0n) is 11.3. The molecule has 2 N–H and O–H groups in total. The first-order chi connectivity index (χ1) is 9.02. The van der Waals surface area contributed by atoms with Gasteiger partial charge in [0.2, 0.25) is 0 Å². The number of halogens is 1. The highest BCUT2D eigenvalue weighted by Crippen LogP contribution is 2.26. The molecule has 4 nitrogen and oxygen atoms in total. The molecule has 0 bridgehead atoms. The van der Waals surface area contributed by atoms with E-state index in [1.165, 1.54) is 0 Å². The molecule has 1 aromatic rings. The van der Waals surface area contributed by atoms with Gasteiger partial charge in [0.25, 0.3) is 0 Å². The Hall–Kier alpha value is -0.810. The lowest BCUT2D eigenvalue weighted by molar-refractivity contribution is 0.0536. The van der Waals surface area contributed by atoms with E-state index in [9.17, 15) is 5.11 Å². The minimum Gasteiger partial charge on any atom is -0.489 e. The second-order valence-electron chi connectivity index (χ2n) is 4.82. The molecule has 1 aromatic carbocycles. The van der Waals surface area contributed by atoms with Crippen LogP contribution in [0, 0.1) is 5.92 Å². The van der Waals surface area contributed by atoms with Crippen molar-refractivity contribution in [2.75, 3.05) is 19.8 Å². The molecule has 0 heterocycles. The molecule has 0 saturated carbocycles. The first-order valence-corrected chi connectivity index (χ1v) is 6.68. The fourth-order valence-corrected chi connectivity index (χ4v) is 1.66. The van der Waals surface area contributed by atoms with Gasteiger partial charge in [-0.1, -0.05) is 31.5 Å². The van der Waals surface area contributed by atoms with Crippen LogP contribution in [-0.2, 0) is 11.3 Å². The summed E-state index contributed by atoms with van der Waals surface area (Å²) < 4.78 is 10.8. The molecule has 0 saturated heterocycles. The van der Waals surface area contributed by atoms with Crippen molar-refractivity contribution in [2.24, 2.45) is 5.92 Å². The predicted molar refractivity (Wildman–Crippen MR) is 74.5 cm³/mol. The number of benzene rings is 1. The number of rotatable bonds is 8. The largest absolute Gasteiger partial charge is 0.489 e. The van der Waals surface area contributed by atoms with E-state index in [0.29, 0.717) is 29.9 Å². The van der Waals surface area contributed by atoms with Gasteiger partial charge in [0.15, 0.2) is 0 Å². The number of hydrogen-bond donors (Lipinski definition) is 2. The van der Waals surface area contributed by atoms with Crippen LogP contribution in [0.1, 0.15) is 19.4 Å². The Morgan fingerprint density at radius 1 is 1.26 bits per heavy atom. The third-order valence-electron chi connectivity index (χ3n) is 2.36. The summed E-state index contributed by atoms with van der Waals surface area (Å²) in [6.07, 6.45) is -0.898. The molecular formula is C14H21ClO4. The molecule has 0 aliphatic rings. The summed E-state index contributed by atoms with van der Waals surface area (Å²) >= 11 is 6.07. The van der Waals surface area contributed by atoms with Gasteiger partial charge in [-0.2, -0.15) is 0 Å². The van der Waals surface area contributed by atoms with Crippen LogP contribution in [0.3, 0.4) is 0 Å². The van der Waals surface area contributed by atoms with E-state index in [4.69, 9.17) is 26.2 Å². The Labute approximate surface area is 118 Å². The summed E-state index contributed by atoms with van der Waals surface area (Å²) in [5.41, 5.74) is 0.973. The SMILES string of the molecule is CC(C)COCc1ccc(OCC(O)CO)c(Cl)c1. The molecule has 0 radical (unpaired) electrons. The maximum atomic E-state index is 9.19. The first kappa shape index (κ1) is 16.2. The van der Waals surface area contributed by atoms with E-state index < -0.39 is 6.10 Å². The molecule has 1 atom stereocenters. The summed E-state index contributed by atoms with van der Waals surface area (Å²) in [6.45, 7) is 5.08. The third kappa shape index (κ3) is 6.25. The molecule has 0 aliphatic heterocycles. The van der Waals surface area contributed by atoms with Crippen molar-refractivity contribution >= 4 is 11.6 Å². The smallest absolute Gasteiger partial charge is 0.138 e. The summed E-state index contributed by atoms with van der Waals surface area (Å²) in [5, 5.41) is 18.4. The fourth-order valence-electron chi connectivity index (χ4n) is 1.40. The highest BCUT2D eigenvalue weighted by molar-refractivity contribution is 6.32. The number of aliphatic hydroxyl groups is 2. The van der Waals surface area contributed by atoms with E-state index in [2.05, 4.69) is 13.8 Å². The van der Waals surface area contributed by atoms with Gasteiger partial charge in [-0.3, -0.25) is 0 Å². The molecule has 0 spiro atoms. The first-order valence-electron chi connectivity index (χ1n) is 6.30. The van der Waals surface area contributed by atoms with Gasteiger partial charge >= 0.3 is 0 Å². The van der Waals surface area contributed by atoms with E-state index in [0.717, 1.165) is 5.56 Å². The minimum atomic E-state index is -0.898. The lowest BCUT2D eigenvalue weighted by atomic mass is 10.2. The Morgan fingerprint density at radius 3 is 2.58 bits per heavy atom. The average molecular weight is 289 g/mol. The second-order valence-corrected chi connectivity index (χ2v) is 5.23. The molecule has 0 fully saturated rings. The summed E-state index contributed by atoms with van der Waals surface area (Å²) in [7, 11) is 0.